The van der Waals surface area contributed by atoms with Crippen molar-refractivity contribution in [3.8, 4) is 5.75 Å². The van der Waals surface area contributed by atoms with E-state index in [1.807, 2.05) is 0 Å². The van der Waals surface area contributed by atoms with E-state index in [0.29, 0.717) is 5.13 Å². The van der Waals surface area contributed by atoms with Crippen molar-refractivity contribution < 1.29 is 9.90 Å². The lowest BCUT2D eigenvalue weighted by molar-refractivity contribution is 0.102. The van der Waals surface area contributed by atoms with E-state index >= 15 is 0 Å². The van der Waals surface area contributed by atoms with Gasteiger partial charge in [0.15, 0.2) is 5.13 Å². The first-order valence-corrected chi connectivity index (χ1v) is 8.55. The van der Waals surface area contributed by atoms with Crippen molar-refractivity contribution in [3.63, 3.8) is 0 Å². The largest absolute Gasteiger partial charge is 0.507 e. The first kappa shape index (κ1) is 16.5. The fourth-order valence-electron chi connectivity index (χ4n) is 1.67. The van der Waals surface area contributed by atoms with E-state index < -0.39 is 5.91 Å². The zero-order valence-electron chi connectivity index (χ0n) is 11.7. The van der Waals surface area contributed by atoms with Crippen LogP contribution >= 0.6 is 43.2 Å². The van der Waals surface area contributed by atoms with Crippen molar-refractivity contribution >= 4 is 54.2 Å². The topological polar surface area (TPSA) is 62.2 Å². The van der Waals surface area contributed by atoms with Crippen molar-refractivity contribution in [1.82, 2.24) is 4.98 Å². The minimum absolute atomic E-state index is 0.0673. The molecule has 21 heavy (non-hydrogen) atoms. The molecule has 7 heteroatoms. The molecule has 4 nitrogen and oxygen atoms in total. The number of hydrogen-bond donors (Lipinski definition) is 2. The Morgan fingerprint density at radius 3 is 2.57 bits per heavy atom. The molecule has 2 rings (SSSR count). The van der Waals surface area contributed by atoms with Crippen molar-refractivity contribution in [2.75, 3.05) is 5.32 Å². The van der Waals surface area contributed by atoms with Gasteiger partial charge in [0, 0.05) is 9.89 Å². The molecule has 1 aromatic heterocycles. The monoisotopic (exact) mass is 432 g/mol. The Morgan fingerprint density at radius 2 is 2.00 bits per heavy atom. The van der Waals surface area contributed by atoms with Crippen LogP contribution in [0.4, 0.5) is 5.13 Å². The number of thiazole rings is 1. The summed E-state index contributed by atoms with van der Waals surface area (Å²) in [6.45, 7) is 6.16. The van der Waals surface area contributed by atoms with Gasteiger partial charge >= 0.3 is 0 Å². The average molecular weight is 434 g/mol. The zero-order chi connectivity index (χ0) is 15.8. The maximum absolute atomic E-state index is 12.2. The highest BCUT2D eigenvalue weighted by atomic mass is 79.9. The maximum Gasteiger partial charge on any atom is 0.261 e. The molecule has 0 atom stereocenters. The molecule has 0 aliphatic carbocycles. The van der Waals surface area contributed by atoms with Crippen LogP contribution in [0.2, 0.25) is 0 Å². The van der Waals surface area contributed by atoms with Gasteiger partial charge in [0.25, 0.3) is 5.91 Å². The molecular formula is C14H14Br2N2O2S. The molecule has 2 aromatic rings. The van der Waals surface area contributed by atoms with Crippen LogP contribution in [0.1, 0.15) is 36.8 Å². The Kier molecular flexibility index (Phi) is 4.75. The van der Waals surface area contributed by atoms with E-state index in [4.69, 9.17) is 0 Å². The van der Waals surface area contributed by atoms with Gasteiger partial charge < -0.3 is 5.11 Å². The molecule has 1 amide bonds. The Balaban J connectivity index is 2.26. The minimum Gasteiger partial charge on any atom is -0.507 e. The molecule has 1 aromatic carbocycles. The molecule has 0 saturated heterocycles. The number of rotatable bonds is 2. The van der Waals surface area contributed by atoms with Gasteiger partial charge in [0.1, 0.15) is 5.75 Å². The van der Waals surface area contributed by atoms with Crippen LogP contribution < -0.4 is 5.32 Å². The van der Waals surface area contributed by atoms with Crippen LogP contribution in [0.25, 0.3) is 0 Å². The molecule has 0 fully saturated rings. The van der Waals surface area contributed by atoms with Gasteiger partial charge in [-0.15, -0.1) is 0 Å². The summed E-state index contributed by atoms with van der Waals surface area (Å²) in [6, 6.07) is 4.71. The number of nitrogens with zero attached hydrogens (tertiary/aromatic N) is 1. The van der Waals surface area contributed by atoms with Crippen molar-refractivity contribution in [3.05, 3.63) is 37.7 Å². The van der Waals surface area contributed by atoms with Crippen LogP contribution in [0.3, 0.4) is 0 Å². The first-order valence-electron chi connectivity index (χ1n) is 6.15. The number of benzene rings is 1. The number of amides is 1. The predicted octanol–water partition coefficient (Wildman–Crippen LogP) is 4.92. The first-order chi connectivity index (χ1) is 9.68. The van der Waals surface area contributed by atoms with Crippen LogP contribution in [0.15, 0.2) is 26.5 Å². The molecular weight excluding hydrogens is 420 g/mol. The molecule has 0 spiro atoms. The molecule has 0 aliphatic rings. The molecule has 1 heterocycles. The highest BCUT2D eigenvalue weighted by molar-refractivity contribution is 9.11. The summed E-state index contributed by atoms with van der Waals surface area (Å²) in [6.07, 6.45) is 0. The second-order valence-corrected chi connectivity index (χ2v) is 8.74. The van der Waals surface area contributed by atoms with Gasteiger partial charge in [-0.3, -0.25) is 10.1 Å². The number of phenols is 1. The SMILES string of the molecule is CC(C)(C)c1nc(NC(=O)c2cc(Br)ccc2O)sc1Br. The van der Waals surface area contributed by atoms with E-state index in [1.165, 1.54) is 17.4 Å². The summed E-state index contributed by atoms with van der Waals surface area (Å²) in [5.41, 5.74) is 0.977. The summed E-state index contributed by atoms with van der Waals surface area (Å²) in [4.78, 5) is 16.7. The third-order valence-electron chi connectivity index (χ3n) is 2.72. The van der Waals surface area contributed by atoms with Gasteiger partial charge in [0.2, 0.25) is 0 Å². The number of phenolic OH excluding ortho intramolecular Hbond substituents is 1. The summed E-state index contributed by atoms with van der Waals surface area (Å²) < 4.78 is 1.62. The Bertz CT molecular complexity index is 693. The third-order valence-corrected chi connectivity index (χ3v) is 4.83. The predicted molar refractivity (Wildman–Crippen MR) is 92.3 cm³/mol. The van der Waals surface area contributed by atoms with Gasteiger partial charge in [-0.2, -0.15) is 0 Å². The number of aromatic hydroxyl groups is 1. The zero-order valence-corrected chi connectivity index (χ0v) is 15.7. The highest BCUT2D eigenvalue weighted by Crippen LogP contribution is 2.36. The number of aromatic nitrogens is 1. The van der Waals surface area contributed by atoms with Crippen molar-refractivity contribution in [2.45, 2.75) is 26.2 Å². The highest BCUT2D eigenvalue weighted by Gasteiger charge is 2.23. The fourth-order valence-corrected chi connectivity index (χ4v) is 4.08. The lowest BCUT2D eigenvalue weighted by Gasteiger charge is -2.15. The fraction of sp³-hybridized carbons (Fsp3) is 0.286. The standard InChI is InChI=1S/C14H14Br2N2O2S/c1-14(2,3)10-11(16)21-13(17-10)18-12(20)8-6-7(15)4-5-9(8)19/h4-6,19H,1-3H3,(H,17,18,20). The van der Waals surface area contributed by atoms with E-state index in [9.17, 15) is 9.90 Å². The van der Waals surface area contributed by atoms with Crippen LogP contribution in [0, 0.1) is 0 Å². The number of hydrogen-bond acceptors (Lipinski definition) is 4. The lowest BCUT2D eigenvalue weighted by atomic mass is 9.93. The molecule has 2 N–H and O–H groups in total. The van der Waals surface area contributed by atoms with Crippen LogP contribution in [-0.2, 0) is 5.41 Å². The number of carbonyl (C=O) groups is 1. The molecule has 0 unspecified atom stereocenters. The molecule has 0 bridgehead atoms. The smallest absolute Gasteiger partial charge is 0.261 e. The third kappa shape index (κ3) is 3.84. The van der Waals surface area contributed by atoms with E-state index in [1.54, 1.807) is 12.1 Å². The summed E-state index contributed by atoms with van der Waals surface area (Å²) in [7, 11) is 0. The average Bonchev–Trinajstić information content (AvgIpc) is 2.73. The van der Waals surface area contributed by atoms with Crippen molar-refractivity contribution in [2.24, 2.45) is 0 Å². The molecule has 0 saturated carbocycles. The Hall–Kier alpha value is -0.920. The molecule has 0 aliphatic heterocycles. The van der Waals surface area contributed by atoms with E-state index in [-0.39, 0.29) is 16.7 Å². The summed E-state index contributed by atoms with van der Waals surface area (Å²) in [5.74, 6) is -0.460. The molecule has 0 radical (unpaired) electrons. The number of anilines is 1. The number of carbonyl (C=O) groups excluding carboxylic acids is 1. The quantitative estimate of drug-likeness (QED) is 0.706. The Labute approximate surface area is 143 Å². The number of halogens is 2. The van der Waals surface area contributed by atoms with Gasteiger partial charge in [-0.1, -0.05) is 48.0 Å². The Morgan fingerprint density at radius 1 is 1.33 bits per heavy atom. The van der Waals surface area contributed by atoms with Crippen molar-refractivity contribution in [1.29, 1.82) is 0 Å². The van der Waals surface area contributed by atoms with E-state index in [0.717, 1.165) is 14.0 Å². The molecule has 112 valence electrons. The van der Waals surface area contributed by atoms with Gasteiger partial charge in [-0.25, -0.2) is 4.98 Å². The van der Waals surface area contributed by atoms with E-state index in [2.05, 4.69) is 62.9 Å². The summed E-state index contributed by atoms with van der Waals surface area (Å²) in [5, 5.41) is 13.0. The minimum atomic E-state index is -0.393. The van der Waals surface area contributed by atoms with Crippen LogP contribution in [-0.4, -0.2) is 16.0 Å². The normalized spacial score (nSPS) is 11.5. The lowest BCUT2D eigenvalue weighted by Crippen LogP contribution is -2.14. The number of nitrogens with one attached hydrogen (secondary N) is 1. The maximum atomic E-state index is 12.2. The summed E-state index contributed by atoms with van der Waals surface area (Å²) >= 11 is 8.11. The second-order valence-electron chi connectivity index (χ2n) is 5.51. The van der Waals surface area contributed by atoms with Crippen LogP contribution in [0.5, 0.6) is 5.75 Å². The second kappa shape index (κ2) is 6.06. The van der Waals surface area contributed by atoms with Gasteiger partial charge in [-0.05, 0) is 34.1 Å². The van der Waals surface area contributed by atoms with Gasteiger partial charge in [0.05, 0.1) is 15.0 Å².